The van der Waals surface area contributed by atoms with Crippen LogP contribution in [0.3, 0.4) is 0 Å². The highest BCUT2D eigenvalue weighted by Gasteiger charge is 2.12. The molecule has 5 heteroatoms. The molecule has 0 fully saturated rings. The Labute approximate surface area is 92.4 Å². The molecular formula is C11H13N3O2. The molecule has 1 heterocycles. The molecule has 0 aliphatic heterocycles. The molecule has 0 saturated heterocycles. The zero-order valence-corrected chi connectivity index (χ0v) is 8.63. The van der Waals surface area contributed by atoms with Crippen molar-refractivity contribution in [3.05, 3.63) is 36.5 Å². The maximum atomic E-state index is 11.5. The lowest BCUT2D eigenvalue weighted by Crippen LogP contribution is -2.41. The van der Waals surface area contributed by atoms with Gasteiger partial charge in [-0.2, -0.15) is 0 Å². The Kier molecular flexibility index (Phi) is 2.89. The number of amides is 1. The minimum absolute atomic E-state index is 0.370. The Morgan fingerprint density at radius 3 is 2.94 bits per heavy atom. The second-order valence-corrected chi connectivity index (χ2v) is 3.51. The second kappa shape index (κ2) is 4.34. The Morgan fingerprint density at radius 2 is 2.19 bits per heavy atom. The van der Waals surface area contributed by atoms with Crippen molar-refractivity contribution in [2.75, 3.05) is 12.0 Å². The predicted octanol–water partition coefficient (Wildman–Crippen LogP) is 0.0310. The fourth-order valence-electron chi connectivity index (χ4n) is 1.47. The van der Waals surface area contributed by atoms with Gasteiger partial charge in [0.15, 0.2) is 0 Å². The third kappa shape index (κ3) is 1.91. The highest BCUT2D eigenvalue weighted by molar-refractivity contribution is 5.91. The lowest BCUT2D eigenvalue weighted by atomic mass is 10.3. The minimum Gasteiger partial charge on any atom is -0.394 e. The summed E-state index contributed by atoms with van der Waals surface area (Å²) in [7, 11) is 0. The van der Waals surface area contributed by atoms with Gasteiger partial charge < -0.3 is 10.8 Å². The number of rotatable bonds is 3. The Morgan fingerprint density at radius 1 is 1.44 bits per heavy atom. The molecule has 1 aromatic carbocycles. The van der Waals surface area contributed by atoms with Crippen molar-refractivity contribution in [1.82, 2.24) is 4.68 Å². The molecule has 0 aliphatic rings. The van der Waals surface area contributed by atoms with Crippen LogP contribution in [0, 0.1) is 0 Å². The number of benzene rings is 1. The first-order valence-electron chi connectivity index (χ1n) is 4.96. The van der Waals surface area contributed by atoms with Gasteiger partial charge in [-0.15, -0.1) is 0 Å². The number of aliphatic hydroxyl groups is 1. The van der Waals surface area contributed by atoms with Crippen molar-refractivity contribution in [3.63, 3.8) is 0 Å². The molecule has 5 nitrogen and oxygen atoms in total. The summed E-state index contributed by atoms with van der Waals surface area (Å²) >= 11 is 0. The maximum absolute atomic E-state index is 11.5. The average Bonchev–Trinajstić information content (AvgIpc) is 2.72. The second-order valence-electron chi connectivity index (χ2n) is 3.51. The topological polar surface area (TPSA) is 80.3 Å². The molecule has 2 aromatic rings. The number of hydrogen-bond donors (Lipinski definition) is 3. The SMILES string of the molecule is NC(CO)C(=O)Nn1ccc2ccccc21. The quantitative estimate of drug-likeness (QED) is 0.681. The van der Waals surface area contributed by atoms with Crippen LogP contribution >= 0.6 is 0 Å². The van der Waals surface area contributed by atoms with E-state index in [0.717, 1.165) is 10.9 Å². The fourth-order valence-corrected chi connectivity index (χ4v) is 1.47. The van der Waals surface area contributed by atoms with E-state index in [1.165, 1.54) is 0 Å². The Bertz CT molecular complexity index is 507. The fraction of sp³-hybridized carbons (Fsp3) is 0.182. The number of nitrogens with two attached hydrogens (primary N) is 1. The molecule has 84 valence electrons. The van der Waals surface area contributed by atoms with Gasteiger partial charge in [-0.05, 0) is 12.1 Å². The number of nitrogens with one attached hydrogen (secondary N) is 1. The molecule has 4 N–H and O–H groups in total. The van der Waals surface area contributed by atoms with Gasteiger partial charge in [0.1, 0.15) is 6.04 Å². The summed E-state index contributed by atoms with van der Waals surface area (Å²) in [4.78, 5) is 11.5. The van der Waals surface area contributed by atoms with Crippen LogP contribution in [-0.2, 0) is 4.79 Å². The molecule has 2 rings (SSSR count). The maximum Gasteiger partial charge on any atom is 0.258 e. The summed E-state index contributed by atoms with van der Waals surface area (Å²) in [6.45, 7) is -0.370. The first-order chi connectivity index (χ1) is 7.72. The molecule has 0 aliphatic carbocycles. The van der Waals surface area contributed by atoms with Crippen molar-refractivity contribution in [2.45, 2.75) is 6.04 Å². The molecular weight excluding hydrogens is 206 g/mol. The molecule has 1 atom stereocenters. The summed E-state index contributed by atoms with van der Waals surface area (Å²) in [5, 5.41) is 9.78. The van der Waals surface area contributed by atoms with Crippen LogP contribution in [0.15, 0.2) is 36.5 Å². The average molecular weight is 219 g/mol. The van der Waals surface area contributed by atoms with Gasteiger partial charge in [-0.25, -0.2) is 0 Å². The zero-order chi connectivity index (χ0) is 11.5. The van der Waals surface area contributed by atoms with E-state index in [1.807, 2.05) is 30.3 Å². The number of aliphatic hydroxyl groups excluding tert-OH is 1. The number of carbonyl (C=O) groups is 1. The number of hydrogen-bond acceptors (Lipinski definition) is 3. The van der Waals surface area contributed by atoms with E-state index in [-0.39, 0.29) is 6.61 Å². The summed E-state index contributed by atoms with van der Waals surface area (Å²) in [5.74, 6) is -0.413. The van der Waals surface area contributed by atoms with E-state index in [4.69, 9.17) is 10.8 Å². The van der Waals surface area contributed by atoms with Gasteiger partial charge in [0, 0.05) is 11.6 Å². The number of nitrogens with zero attached hydrogens (tertiary/aromatic N) is 1. The summed E-state index contributed by atoms with van der Waals surface area (Å²) < 4.78 is 1.59. The smallest absolute Gasteiger partial charge is 0.258 e. The molecule has 16 heavy (non-hydrogen) atoms. The van der Waals surface area contributed by atoms with Gasteiger partial charge in [0.2, 0.25) is 0 Å². The van der Waals surface area contributed by atoms with Gasteiger partial charge in [0.25, 0.3) is 5.91 Å². The van der Waals surface area contributed by atoms with E-state index in [1.54, 1.807) is 10.9 Å². The van der Waals surface area contributed by atoms with Crippen molar-refractivity contribution < 1.29 is 9.90 Å². The number of aromatic nitrogens is 1. The third-order valence-electron chi connectivity index (χ3n) is 2.36. The van der Waals surface area contributed by atoms with Crippen LogP contribution < -0.4 is 11.2 Å². The molecule has 0 saturated carbocycles. The van der Waals surface area contributed by atoms with Crippen LogP contribution in [0.4, 0.5) is 0 Å². The molecule has 1 aromatic heterocycles. The predicted molar refractivity (Wildman–Crippen MR) is 61.4 cm³/mol. The van der Waals surface area contributed by atoms with E-state index in [9.17, 15) is 4.79 Å². The highest BCUT2D eigenvalue weighted by Crippen LogP contribution is 2.13. The first kappa shape index (κ1) is 10.7. The minimum atomic E-state index is -0.902. The van der Waals surface area contributed by atoms with Gasteiger partial charge in [-0.1, -0.05) is 18.2 Å². The molecule has 0 bridgehead atoms. The molecule has 1 unspecified atom stereocenters. The third-order valence-corrected chi connectivity index (χ3v) is 2.36. The molecule has 1 amide bonds. The monoisotopic (exact) mass is 219 g/mol. The van der Waals surface area contributed by atoms with Crippen LogP contribution in [0.2, 0.25) is 0 Å². The van der Waals surface area contributed by atoms with E-state index < -0.39 is 11.9 Å². The lowest BCUT2D eigenvalue weighted by Gasteiger charge is -2.11. The summed E-state index contributed by atoms with van der Waals surface area (Å²) in [5.41, 5.74) is 8.90. The van der Waals surface area contributed by atoms with Gasteiger partial charge in [0.05, 0.1) is 12.1 Å². The highest BCUT2D eigenvalue weighted by atomic mass is 16.3. The lowest BCUT2D eigenvalue weighted by molar-refractivity contribution is -0.119. The van der Waals surface area contributed by atoms with Crippen molar-refractivity contribution in [2.24, 2.45) is 5.73 Å². The zero-order valence-electron chi connectivity index (χ0n) is 8.63. The molecule has 0 radical (unpaired) electrons. The van der Waals surface area contributed by atoms with Gasteiger partial charge in [-0.3, -0.25) is 14.9 Å². The van der Waals surface area contributed by atoms with Crippen LogP contribution in [0.25, 0.3) is 10.9 Å². The number of para-hydroxylation sites is 1. The number of carbonyl (C=O) groups excluding carboxylic acids is 1. The van der Waals surface area contributed by atoms with Crippen molar-refractivity contribution >= 4 is 16.8 Å². The Balaban J connectivity index is 2.25. The van der Waals surface area contributed by atoms with Crippen LogP contribution in [-0.4, -0.2) is 28.3 Å². The first-order valence-corrected chi connectivity index (χ1v) is 4.96. The normalized spacial score (nSPS) is 12.6. The molecule has 0 spiro atoms. The Hall–Kier alpha value is -1.85. The van der Waals surface area contributed by atoms with Crippen molar-refractivity contribution in [3.8, 4) is 0 Å². The van der Waals surface area contributed by atoms with E-state index >= 15 is 0 Å². The van der Waals surface area contributed by atoms with Crippen LogP contribution in [0.1, 0.15) is 0 Å². The van der Waals surface area contributed by atoms with E-state index in [2.05, 4.69) is 5.43 Å². The van der Waals surface area contributed by atoms with E-state index in [0.29, 0.717) is 0 Å². The summed E-state index contributed by atoms with van der Waals surface area (Å²) in [6, 6.07) is 8.64. The van der Waals surface area contributed by atoms with Gasteiger partial charge >= 0.3 is 0 Å². The standard InChI is InChI=1S/C11H13N3O2/c12-9(7-15)11(16)13-14-6-5-8-3-1-2-4-10(8)14/h1-6,9,15H,7,12H2,(H,13,16). The number of fused-ring (bicyclic) bond motifs is 1. The summed E-state index contributed by atoms with van der Waals surface area (Å²) in [6.07, 6.45) is 1.74. The largest absolute Gasteiger partial charge is 0.394 e. The van der Waals surface area contributed by atoms with Crippen LogP contribution in [0.5, 0.6) is 0 Å². The van der Waals surface area contributed by atoms with Crippen molar-refractivity contribution in [1.29, 1.82) is 0 Å².